The summed E-state index contributed by atoms with van der Waals surface area (Å²) in [6.07, 6.45) is -3.85. The summed E-state index contributed by atoms with van der Waals surface area (Å²) >= 11 is 0. The third-order valence-corrected chi connectivity index (χ3v) is 2.11. The minimum absolute atomic E-state index is 0.424. The molecule has 0 aliphatic rings. The molecule has 0 rings (SSSR count). The van der Waals surface area contributed by atoms with Gasteiger partial charge >= 0.3 is 6.18 Å². The van der Waals surface area contributed by atoms with E-state index in [0.717, 1.165) is 0 Å². The van der Waals surface area contributed by atoms with Crippen LogP contribution in [0.25, 0.3) is 0 Å². The number of rotatable bonds is 2. The molecule has 2 N–H and O–H groups in total. The molecule has 68 valence electrons. The van der Waals surface area contributed by atoms with Crippen LogP contribution >= 0.6 is 0 Å². The number of hydrogen-bond acceptors (Lipinski definition) is 1. The fourth-order valence-corrected chi connectivity index (χ4v) is 0.663. The van der Waals surface area contributed by atoms with E-state index in [-0.39, 0.29) is 0 Å². The summed E-state index contributed by atoms with van der Waals surface area (Å²) in [4.78, 5) is 0. The number of halogens is 3. The normalized spacial score (nSPS) is 16.6. The SMILES string of the molecule is CCC(C)(C)C(N)C(F)(F)F. The molecule has 1 unspecified atom stereocenters. The molecular formula is C7H14F3N. The predicted molar refractivity (Wildman–Crippen MR) is 38.1 cm³/mol. The summed E-state index contributed by atoms with van der Waals surface area (Å²) in [5, 5.41) is 0. The second-order valence-corrected chi connectivity index (χ2v) is 3.36. The monoisotopic (exact) mass is 169 g/mol. The van der Waals surface area contributed by atoms with E-state index in [1.165, 1.54) is 13.8 Å². The van der Waals surface area contributed by atoms with E-state index in [4.69, 9.17) is 5.73 Å². The van der Waals surface area contributed by atoms with Gasteiger partial charge in [-0.15, -0.1) is 0 Å². The van der Waals surface area contributed by atoms with Gasteiger partial charge in [-0.2, -0.15) is 13.2 Å². The summed E-state index contributed by atoms with van der Waals surface area (Å²) < 4.78 is 36.0. The minimum Gasteiger partial charge on any atom is -0.320 e. The minimum atomic E-state index is -4.28. The molecule has 0 aromatic carbocycles. The molecule has 0 heterocycles. The largest absolute Gasteiger partial charge is 0.404 e. The molecule has 4 heteroatoms. The quantitative estimate of drug-likeness (QED) is 0.674. The van der Waals surface area contributed by atoms with Crippen LogP contribution in [0.2, 0.25) is 0 Å². The summed E-state index contributed by atoms with van der Waals surface area (Å²) in [6, 6.07) is -1.72. The fourth-order valence-electron chi connectivity index (χ4n) is 0.663. The first-order chi connectivity index (χ1) is 4.72. The van der Waals surface area contributed by atoms with Crippen LogP contribution in [0.15, 0.2) is 0 Å². The van der Waals surface area contributed by atoms with E-state index in [9.17, 15) is 13.2 Å². The van der Waals surface area contributed by atoms with Gasteiger partial charge in [0, 0.05) is 0 Å². The second kappa shape index (κ2) is 3.01. The van der Waals surface area contributed by atoms with Crippen LogP contribution in [-0.2, 0) is 0 Å². The van der Waals surface area contributed by atoms with E-state index < -0.39 is 17.6 Å². The van der Waals surface area contributed by atoms with Crippen LogP contribution in [0.3, 0.4) is 0 Å². The van der Waals surface area contributed by atoms with Crippen LogP contribution in [0.5, 0.6) is 0 Å². The maximum absolute atomic E-state index is 12.0. The van der Waals surface area contributed by atoms with Crippen molar-refractivity contribution in [2.45, 2.75) is 39.4 Å². The standard InChI is InChI=1S/C7H14F3N/c1-4-6(2,3)5(11)7(8,9)10/h5H,4,11H2,1-3H3. The van der Waals surface area contributed by atoms with Crippen molar-refractivity contribution in [1.29, 1.82) is 0 Å². The molecule has 0 spiro atoms. The fraction of sp³-hybridized carbons (Fsp3) is 1.00. The Hall–Kier alpha value is -0.250. The van der Waals surface area contributed by atoms with Gasteiger partial charge in [-0.1, -0.05) is 20.8 Å². The van der Waals surface area contributed by atoms with Crippen molar-refractivity contribution in [2.75, 3.05) is 0 Å². The Kier molecular flexibility index (Phi) is 2.94. The summed E-state index contributed by atoms with van der Waals surface area (Å²) in [6.45, 7) is 4.74. The lowest BCUT2D eigenvalue weighted by Gasteiger charge is -2.31. The number of hydrogen-bond donors (Lipinski definition) is 1. The van der Waals surface area contributed by atoms with Gasteiger partial charge in [-0.3, -0.25) is 0 Å². The molecule has 0 aromatic rings. The van der Waals surface area contributed by atoms with Gasteiger partial charge in [0.1, 0.15) is 6.04 Å². The molecule has 0 aliphatic heterocycles. The highest BCUT2D eigenvalue weighted by molar-refractivity contribution is 4.85. The Labute approximate surface area is 64.8 Å². The van der Waals surface area contributed by atoms with Gasteiger partial charge < -0.3 is 5.73 Å². The van der Waals surface area contributed by atoms with Gasteiger partial charge in [0.05, 0.1) is 0 Å². The first kappa shape index (κ1) is 10.8. The highest BCUT2D eigenvalue weighted by Gasteiger charge is 2.45. The lowest BCUT2D eigenvalue weighted by Crippen LogP contribution is -2.48. The molecule has 0 aliphatic carbocycles. The third-order valence-electron chi connectivity index (χ3n) is 2.11. The molecule has 0 bridgehead atoms. The third kappa shape index (κ3) is 2.69. The Morgan fingerprint density at radius 3 is 1.73 bits per heavy atom. The maximum atomic E-state index is 12.0. The zero-order valence-electron chi connectivity index (χ0n) is 7.00. The van der Waals surface area contributed by atoms with Crippen molar-refractivity contribution >= 4 is 0 Å². The van der Waals surface area contributed by atoms with Crippen LogP contribution < -0.4 is 5.73 Å². The molecule has 0 saturated heterocycles. The molecule has 0 aromatic heterocycles. The van der Waals surface area contributed by atoms with Gasteiger partial charge in [-0.25, -0.2) is 0 Å². The van der Waals surface area contributed by atoms with Gasteiger partial charge in [-0.05, 0) is 11.8 Å². The van der Waals surface area contributed by atoms with Crippen molar-refractivity contribution in [3.8, 4) is 0 Å². The molecule has 0 fully saturated rings. The smallest absolute Gasteiger partial charge is 0.320 e. The number of nitrogens with two attached hydrogens (primary N) is 1. The van der Waals surface area contributed by atoms with Crippen molar-refractivity contribution in [2.24, 2.45) is 11.1 Å². The van der Waals surface area contributed by atoms with Crippen LogP contribution in [-0.4, -0.2) is 12.2 Å². The van der Waals surface area contributed by atoms with E-state index in [0.29, 0.717) is 6.42 Å². The van der Waals surface area contributed by atoms with Crippen LogP contribution in [0.1, 0.15) is 27.2 Å². The number of alkyl halides is 3. The van der Waals surface area contributed by atoms with Gasteiger partial charge in [0.2, 0.25) is 0 Å². The highest BCUT2D eigenvalue weighted by atomic mass is 19.4. The first-order valence-corrected chi connectivity index (χ1v) is 3.54. The van der Waals surface area contributed by atoms with Crippen molar-refractivity contribution < 1.29 is 13.2 Å². The molecule has 0 radical (unpaired) electrons. The molecule has 1 atom stereocenters. The first-order valence-electron chi connectivity index (χ1n) is 3.54. The topological polar surface area (TPSA) is 26.0 Å². The Balaban J connectivity index is 4.35. The van der Waals surface area contributed by atoms with E-state index in [2.05, 4.69) is 0 Å². The Morgan fingerprint density at radius 1 is 1.27 bits per heavy atom. The molecular weight excluding hydrogens is 155 g/mol. The lowest BCUT2D eigenvalue weighted by molar-refractivity contribution is -0.170. The Bertz CT molecular complexity index is 128. The van der Waals surface area contributed by atoms with Gasteiger partial charge in [0.15, 0.2) is 0 Å². The highest BCUT2D eigenvalue weighted by Crippen LogP contribution is 2.34. The molecule has 11 heavy (non-hydrogen) atoms. The van der Waals surface area contributed by atoms with Gasteiger partial charge in [0.25, 0.3) is 0 Å². The summed E-state index contributed by atoms with van der Waals surface area (Å²) in [7, 11) is 0. The molecule has 1 nitrogen and oxygen atoms in total. The van der Waals surface area contributed by atoms with Crippen molar-refractivity contribution in [1.82, 2.24) is 0 Å². The Morgan fingerprint density at radius 2 is 1.64 bits per heavy atom. The molecule has 0 saturated carbocycles. The maximum Gasteiger partial charge on any atom is 0.404 e. The average molecular weight is 169 g/mol. The predicted octanol–water partition coefficient (Wildman–Crippen LogP) is 2.31. The zero-order chi connectivity index (χ0) is 9.28. The van der Waals surface area contributed by atoms with E-state index in [1.54, 1.807) is 6.92 Å². The average Bonchev–Trinajstić information content (AvgIpc) is 1.84. The molecule has 0 amide bonds. The van der Waals surface area contributed by atoms with E-state index >= 15 is 0 Å². The zero-order valence-corrected chi connectivity index (χ0v) is 7.00. The summed E-state index contributed by atoms with van der Waals surface area (Å²) in [5.74, 6) is 0. The van der Waals surface area contributed by atoms with Crippen LogP contribution in [0, 0.1) is 5.41 Å². The van der Waals surface area contributed by atoms with Crippen molar-refractivity contribution in [3.63, 3.8) is 0 Å². The van der Waals surface area contributed by atoms with Crippen molar-refractivity contribution in [3.05, 3.63) is 0 Å². The lowest BCUT2D eigenvalue weighted by atomic mass is 9.82. The van der Waals surface area contributed by atoms with E-state index in [1.807, 2.05) is 0 Å². The van der Waals surface area contributed by atoms with Crippen LogP contribution in [0.4, 0.5) is 13.2 Å². The summed E-state index contributed by atoms with van der Waals surface area (Å²) in [5.41, 5.74) is 4.15. The second-order valence-electron chi connectivity index (χ2n) is 3.36.